The van der Waals surface area contributed by atoms with Crippen molar-refractivity contribution in [2.24, 2.45) is 11.3 Å². The number of hydrogen-bond donors (Lipinski definition) is 1. The second kappa shape index (κ2) is 9.13. The summed E-state index contributed by atoms with van der Waals surface area (Å²) in [5, 5.41) is 3.24. The predicted octanol–water partition coefficient (Wildman–Crippen LogP) is 4.61. The molecular weight excluding hydrogens is 408 g/mol. The standard InChI is InChI=1S/C25H34N2O3S/c1-18-11-12-22(19(2)17-18)31(29,30)27-15-13-21(14-16-27)24(28)26-23(25(3,4)5)20-9-7-6-8-10-20/h6-12,17,21,23H,13-16H2,1-5H3,(H,26,28). The van der Waals surface area contributed by atoms with E-state index in [1.54, 1.807) is 6.07 Å². The Kier molecular flexibility index (Phi) is 6.92. The first-order valence-corrected chi connectivity index (χ1v) is 12.4. The lowest BCUT2D eigenvalue weighted by Crippen LogP contribution is -2.45. The predicted molar refractivity (Wildman–Crippen MR) is 124 cm³/mol. The highest BCUT2D eigenvalue weighted by Crippen LogP contribution is 2.34. The number of amides is 1. The lowest BCUT2D eigenvalue weighted by atomic mass is 9.81. The van der Waals surface area contributed by atoms with Gasteiger partial charge in [0.05, 0.1) is 10.9 Å². The van der Waals surface area contributed by atoms with Gasteiger partial charge in [0.25, 0.3) is 0 Å². The summed E-state index contributed by atoms with van der Waals surface area (Å²) in [7, 11) is -3.55. The van der Waals surface area contributed by atoms with E-state index < -0.39 is 10.0 Å². The number of nitrogens with zero attached hydrogens (tertiary/aromatic N) is 1. The lowest BCUT2D eigenvalue weighted by Gasteiger charge is -2.35. The van der Waals surface area contributed by atoms with Crippen molar-refractivity contribution in [1.82, 2.24) is 9.62 Å². The molecule has 1 saturated heterocycles. The van der Waals surface area contributed by atoms with E-state index in [-0.39, 0.29) is 23.3 Å². The molecule has 1 heterocycles. The van der Waals surface area contributed by atoms with Gasteiger partial charge in [0.15, 0.2) is 0 Å². The van der Waals surface area contributed by atoms with Crippen LogP contribution in [0.2, 0.25) is 0 Å². The van der Waals surface area contributed by atoms with E-state index in [0.717, 1.165) is 16.7 Å². The minimum Gasteiger partial charge on any atom is -0.349 e. The summed E-state index contributed by atoms with van der Waals surface area (Å²) < 4.78 is 27.8. The molecule has 0 radical (unpaired) electrons. The molecule has 1 amide bonds. The summed E-state index contributed by atoms with van der Waals surface area (Å²) in [6.07, 6.45) is 1.06. The minimum atomic E-state index is -3.55. The fourth-order valence-corrected chi connectivity index (χ4v) is 5.97. The number of rotatable bonds is 5. The molecule has 0 saturated carbocycles. The highest BCUT2D eigenvalue weighted by Gasteiger charge is 2.35. The first kappa shape index (κ1) is 23.5. The largest absolute Gasteiger partial charge is 0.349 e. The van der Waals surface area contributed by atoms with E-state index in [4.69, 9.17) is 0 Å². The number of benzene rings is 2. The first-order valence-electron chi connectivity index (χ1n) is 10.9. The van der Waals surface area contributed by atoms with Gasteiger partial charge in [-0.1, -0.05) is 68.8 Å². The average Bonchev–Trinajstić information content (AvgIpc) is 2.71. The van der Waals surface area contributed by atoms with Crippen LogP contribution in [0, 0.1) is 25.2 Å². The Hall–Kier alpha value is -2.18. The second-order valence-electron chi connectivity index (χ2n) is 9.67. The Morgan fingerprint density at radius 2 is 1.65 bits per heavy atom. The molecule has 0 bridgehead atoms. The molecule has 1 unspecified atom stereocenters. The Bertz CT molecular complexity index is 1020. The van der Waals surface area contributed by atoms with Crippen molar-refractivity contribution >= 4 is 15.9 Å². The third-order valence-corrected chi connectivity index (χ3v) is 8.12. The fraction of sp³-hybridized carbons (Fsp3) is 0.480. The maximum absolute atomic E-state index is 13.1. The molecule has 2 aromatic carbocycles. The van der Waals surface area contributed by atoms with E-state index in [0.29, 0.717) is 30.8 Å². The summed E-state index contributed by atoms with van der Waals surface area (Å²) in [6, 6.07) is 15.3. The third kappa shape index (κ3) is 5.36. The van der Waals surface area contributed by atoms with Crippen molar-refractivity contribution in [3.8, 4) is 0 Å². The Labute approximate surface area is 186 Å². The summed E-state index contributed by atoms with van der Waals surface area (Å²) in [5.74, 6) is -0.175. The van der Waals surface area contributed by atoms with E-state index in [1.165, 1.54) is 4.31 Å². The molecule has 0 aromatic heterocycles. The molecule has 1 atom stereocenters. The van der Waals surface area contributed by atoms with E-state index >= 15 is 0 Å². The van der Waals surface area contributed by atoms with Crippen molar-refractivity contribution < 1.29 is 13.2 Å². The molecule has 1 fully saturated rings. The number of piperidine rings is 1. The third-order valence-electron chi connectivity index (χ3n) is 6.06. The normalized spacial score (nSPS) is 17.3. The second-order valence-corrected chi connectivity index (χ2v) is 11.6. The Morgan fingerprint density at radius 3 is 2.19 bits per heavy atom. The first-order chi connectivity index (χ1) is 14.5. The molecule has 1 aliphatic heterocycles. The van der Waals surface area contributed by atoms with Crippen LogP contribution < -0.4 is 5.32 Å². The van der Waals surface area contributed by atoms with Gasteiger partial charge in [0.2, 0.25) is 15.9 Å². The van der Waals surface area contributed by atoms with Crippen molar-refractivity contribution in [1.29, 1.82) is 0 Å². The van der Waals surface area contributed by atoms with E-state index in [1.807, 2.05) is 56.3 Å². The van der Waals surface area contributed by atoms with Gasteiger partial charge < -0.3 is 5.32 Å². The molecule has 2 aromatic rings. The zero-order valence-electron chi connectivity index (χ0n) is 19.2. The number of carbonyl (C=O) groups excluding carboxylic acids is 1. The monoisotopic (exact) mass is 442 g/mol. The van der Waals surface area contributed by atoms with Crippen molar-refractivity contribution in [2.45, 2.75) is 58.4 Å². The summed E-state index contributed by atoms with van der Waals surface area (Å²) >= 11 is 0. The van der Waals surface area contributed by atoms with Crippen LogP contribution >= 0.6 is 0 Å². The van der Waals surface area contributed by atoms with Crippen LogP contribution in [-0.2, 0) is 14.8 Å². The van der Waals surface area contributed by atoms with Gasteiger partial charge in [0.1, 0.15) is 0 Å². The molecule has 0 aliphatic carbocycles. The smallest absolute Gasteiger partial charge is 0.243 e. The molecule has 168 valence electrons. The quantitative estimate of drug-likeness (QED) is 0.735. The van der Waals surface area contributed by atoms with Crippen LogP contribution in [0.3, 0.4) is 0 Å². The van der Waals surface area contributed by atoms with Crippen LogP contribution in [0.1, 0.15) is 56.3 Å². The molecule has 31 heavy (non-hydrogen) atoms. The molecule has 3 rings (SSSR count). The van der Waals surface area contributed by atoms with Crippen LogP contribution in [-0.4, -0.2) is 31.7 Å². The molecular formula is C25H34N2O3S. The van der Waals surface area contributed by atoms with Crippen molar-refractivity contribution in [2.75, 3.05) is 13.1 Å². The number of hydrogen-bond acceptors (Lipinski definition) is 3. The zero-order valence-corrected chi connectivity index (χ0v) is 20.0. The maximum Gasteiger partial charge on any atom is 0.243 e. The highest BCUT2D eigenvalue weighted by atomic mass is 32.2. The van der Waals surface area contributed by atoms with Crippen molar-refractivity contribution in [3.05, 3.63) is 65.2 Å². The van der Waals surface area contributed by atoms with Gasteiger partial charge in [-0.05, 0) is 49.3 Å². The number of carbonyl (C=O) groups is 1. The molecule has 5 nitrogen and oxygen atoms in total. The van der Waals surface area contributed by atoms with Gasteiger partial charge in [0, 0.05) is 19.0 Å². The van der Waals surface area contributed by atoms with Gasteiger partial charge in [-0.3, -0.25) is 4.79 Å². The average molecular weight is 443 g/mol. The van der Waals surface area contributed by atoms with E-state index in [2.05, 4.69) is 26.1 Å². The van der Waals surface area contributed by atoms with Gasteiger partial charge in [-0.15, -0.1) is 0 Å². The fourth-order valence-electron chi connectivity index (χ4n) is 4.29. The lowest BCUT2D eigenvalue weighted by molar-refractivity contribution is -0.127. The summed E-state index contributed by atoms with van der Waals surface area (Å²) in [5.41, 5.74) is 2.75. The van der Waals surface area contributed by atoms with E-state index in [9.17, 15) is 13.2 Å². The number of sulfonamides is 1. The highest BCUT2D eigenvalue weighted by molar-refractivity contribution is 7.89. The van der Waals surface area contributed by atoms with Crippen LogP contribution in [0.25, 0.3) is 0 Å². The van der Waals surface area contributed by atoms with Gasteiger partial charge in [-0.2, -0.15) is 4.31 Å². The molecule has 1 N–H and O–H groups in total. The van der Waals surface area contributed by atoms with Crippen LogP contribution in [0.5, 0.6) is 0 Å². The van der Waals surface area contributed by atoms with Gasteiger partial charge in [-0.25, -0.2) is 8.42 Å². The Morgan fingerprint density at radius 1 is 1.03 bits per heavy atom. The maximum atomic E-state index is 13.1. The minimum absolute atomic E-state index is 0.00680. The summed E-state index contributed by atoms with van der Waals surface area (Å²) in [4.78, 5) is 13.4. The van der Waals surface area contributed by atoms with Crippen molar-refractivity contribution in [3.63, 3.8) is 0 Å². The molecule has 0 spiro atoms. The molecule has 6 heteroatoms. The number of aryl methyl sites for hydroxylation is 2. The van der Waals surface area contributed by atoms with Crippen LogP contribution in [0.15, 0.2) is 53.4 Å². The SMILES string of the molecule is Cc1ccc(S(=O)(=O)N2CCC(C(=O)NC(c3ccccc3)C(C)(C)C)CC2)c(C)c1. The van der Waals surface area contributed by atoms with Gasteiger partial charge >= 0.3 is 0 Å². The Balaban J connectivity index is 1.68. The van der Waals surface area contributed by atoms with Crippen LogP contribution in [0.4, 0.5) is 0 Å². The number of nitrogens with one attached hydrogen (secondary N) is 1. The topological polar surface area (TPSA) is 66.5 Å². The summed E-state index contributed by atoms with van der Waals surface area (Å²) in [6.45, 7) is 10.8. The molecule has 1 aliphatic rings. The zero-order chi connectivity index (χ0) is 22.8.